The summed E-state index contributed by atoms with van der Waals surface area (Å²) in [5.74, 6) is -0.814. The van der Waals surface area contributed by atoms with Gasteiger partial charge in [0.1, 0.15) is 5.60 Å². The maximum atomic E-state index is 12.8. The summed E-state index contributed by atoms with van der Waals surface area (Å²) in [6.45, 7) is 5.26. The SMILES string of the molecule is CC(C)(C)OC(=O)NC(Cc1ccc(C(=O)CBr)cc1)CN1C(=O)c2ccccc2C1=O. The van der Waals surface area contributed by atoms with Crippen LogP contribution in [-0.4, -0.2) is 52.1 Å². The number of amides is 3. The predicted octanol–water partition coefficient (Wildman–Crippen LogP) is 4.00. The second kappa shape index (κ2) is 9.65. The quantitative estimate of drug-likeness (QED) is 0.352. The van der Waals surface area contributed by atoms with Crippen molar-refractivity contribution in [2.24, 2.45) is 0 Å². The van der Waals surface area contributed by atoms with E-state index >= 15 is 0 Å². The number of rotatable bonds is 7. The number of carbonyl (C=O) groups excluding carboxylic acids is 4. The van der Waals surface area contributed by atoms with E-state index in [1.807, 2.05) is 0 Å². The van der Waals surface area contributed by atoms with Crippen LogP contribution in [0.25, 0.3) is 0 Å². The average molecular weight is 501 g/mol. The molecule has 0 aromatic heterocycles. The first-order valence-corrected chi connectivity index (χ1v) is 11.3. The molecule has 1 aliphatic rings. The van der Waals surface area contributed by atoms with E-state index in [2.05, 4.69) is 21.2 Å². The van der Waals surface area contributed by atoms with Crippen LogP contribution in [0.4, 0.5) is 4.79 Å². The molecule has 0 aliphatic carbocycles. The zero-order chi connectivity index (χ0) is 23.5. The zero-order valence-electron chi connectivity index (χ0n) is 18.2. The van der Waals surface area contributed by atoms with Crippen molar-refractivity contribution in [1.82, 2.24) is 10.2 Å². The molecule has 1 atom stereocenters. The van der Waals surface area contributed by atoms with Gasteiger partial charge in [-0.25, -0.2) is 4.79 Å². The molecule has 3 amide bonds. The first kappa shape index (κ1) is 23.7. The van der Waals surface area contributed by atoms with Gasteiger partial charge in [-0.1, -0.05) is 52.3 Å². The van der Waals surface area contributed by atoms with Crippen molar-refractivity contribution in [3.05, 3.63) is 70.8 Å². The van der Waals surface area contributed by atoms with Crippen LogP contribution in [0, 0.1) is 0 Å². The first-order chi connectivity index (χ1) is 15.1. The summed E-state index contributed by atoms with van der Waals surface area (Å²) in [6, 6.07) is 13.1. The summed E-state index contributed by atoms with van der Waals surface area (Å²) in [4.78, 5) is 51.0. The van der Waals surface area contributed by atoms with Gasteiger partial charge in [0.2, 0.25) is 0 Å². The Morgan fingerprint density at radius 2 is 1.56 bits per heavy atom. The summed E-state index contributed by atoms with van der Waals surface area (Å²) in [5.41, 5.74) is 1.43. The van der Waals surface area contributed by atoms with Crippen molar-refractivity contribution in [1.29, 1.82) is 0 Å². The zero-order valence-corrected chi connectivity index (χ0v) is 19.8. The molecule has 1 unspecified atom stereocenters. The van der Waals surface area contributed by atoms with E-state index in [1.165, 1.54) is 0 Å². The number of alkyl carbamates (subject to hydrolysis) is 1. The van der Waals surface area contributed by atoms with Crippen molar-refractivity contribution in [3.63, 3.8) is 0 Å². The number of carbonyl (C=O) groups is 4. The van der Waals surface area contributed by atoms with Gasteiger partial charge >= 0.3 is 6.09 Å². The lowest BCUT2D eigenvalue weighted by Crippen LogP contribution is -2.48. The van der Waals surface area contributed by atoms with E-state index in [1.54, 1.807) is 69.3 Å². The van der Waals surface area contributed by atoms with Crippen LogP contribution in [0.1, 0.15) is 57.4 Å². The number of hydrogen-bond donors (Lipinski definition) is 1. The van der Waals surface area contributed by atoms with Crippen molar-refractivity contribution < 1.29 is 23.9 Å². The van der Waals surface area contributed by atoms with Crippen LogP contribution >= 0.6 is 15.9 Å². The Balaban J connectivity index is 1.80. The lowest BCUT2D eigenvalue weighted by molar-refractivity contribution is 0.0468. The molecule has 3 rings (SSSR count). The number of ether oxygens (including phenoxy) is 1. The highest BCUT2D eigenvalue weighted by Crippen LogP contribution is 2.23. The summed E-state index contributed by atoms with van der Waals surface area (Å²) < 4.78 is 5.36. The van der Waals surface area contributed by atoms with Crippen LogP contribution < -0.4 is 5.32 Å². The van der Waals surface area contributed by atoms with Crippen molar-refractivity contribution in [2.45, 2.75) is 38.8 Å². The summed E-state index contributed by atoms with van der Waals surface area (Å²) >= 11 is 3.15. The summed E-state index contributed by atoms with van der Waals surface area (Å²) in [7, 11) is 0. The van der Waals surface area contributed by atoms with E-state index in [4.69, 9.17) is 4.74 Å². The van der Waals surface area contributed by atoms with Gasteiger partial charge in [-0.2, -0.15) is 0 Å². The minimum absolute atomic E-state index is 0.00628. The number of fused-ring (bicyclic) bond motifs is 1. The van der Waals surface area contributed by atoms with Crippen molar-refractivity contribution >= 4 is 39.6 Å². The van der Waals surface area contributed by atoms with Gasteiger partial charge in [-0.15, -0.1) is 0 Å². The molecule has 168 valence electrons. The van der Waals surface area contributed by atoms with Gasteiger partial charge < -0.3 is 10.1 Å². The van der Waals surface area contributed by atoms with Gasteiger partial charge in [-0.05, 0) is 44.9 Å². The number of benzene rings is 2. The molecule has 1 N–H and O–H groups in total. The van der Waals surface area contributed by atoms with E-state index in [9.17, 15) is 19.2 Å². The van der Waals surface area contributed by atoms with Gasteiger partial charge in [0.05, 0.1) is 29.0 Å². The van der Waals surface area contributed by atoms with Crippen molar-refractivity contribution in [3.8, 4) is 0 Å². The molecule has 0 radical (unpaired) electrons. The fourth-order valence-electron chi connectivity index (χ4n) is 3.45. The first-order valence-electron chi connectivity index (χ1n) is 10.2. The van der Waals surface area contributed by atoms with Gasteiger partial charge in [-0.3, -0.25) is 19.3 Å². The molecule has 0 bridgehead atoms. The molecule has 0 spiro atoms. The normalized spacial score (nSPS) is 14.2. The van der Waals surface area contributed by atoms with Crippen molar-refractivity contribution in [2.75, 3.05) is 11.9 Å². The molecule has 0 fully saturated rings. The van der Waals surface area contributed by atoms with E-state index in [0.717, 1.165) is 10.5 Å². The molecule has 2 aromatic rings. The molecule has 2 aromatic carbocycles. The number of imide groups is 1. The van der Waals surface area contributed by atoms with E-state index < -0.39 is 17.7 Å². The Morgan fingerprint density at radius 3 is 2.06 bits per heavy atom. The number of nitrogens with zero attached hydrogens (tertiary/aromatic N) is 1. The predicted molar refractivity (Wildman–Crippen MR) is 123 cm³/mol. The number of hydrogen-bond acceptors (Lipinski definition) is 5. The minimum atomic E-state index is -0.693. The number of halogens is 1. The average Bonchev–Trinajstić information content (AvgIpc) is 2.97. The lowest BCUT2D eigenvalue weighted by Gasteiger charge is -2.26. The second-order valence-corrected chi connectivity index (χ2v) is 9.13. The minimum Gasteiger partial charge on any atom is -0.444 e. The third-order valence-corrected chi connectivity index (χ3v) is 5.39. The van der Waals surface area contributed by atoms with Gasteiger partial charge in [0.15, 0.2) is 5.78 Å². The Bertz CT molecular complexity index is 1010. The largest absolute Gasteiger partial charge is 0.444 e. The van der Waals surface area contributed by atoms with E-state index in [-0.39, 0.29) is 29.5 Å². The summed E-state index contributed by atoms with van der Waals surface area (Å²) in [6.07, 6.45) is -0.291. The van der Waals surface area contributed by atoms with Gasteiger partial charge in [0, 0.05) is 5.56 Å². The summed E-state index contributed by atoms with van der Waals surface area (Å²) in [5, 5.41) is 3.01. The van der Waals surface area contributed by atoms with Crippen LogP contribution in [0.5, 0.6) is 0 Å². The maximum Gasteiger partial charge on any atom is 0.407 e. The molecule has 1 aliphatic heterocycles. The molecule has 0 saturated heterocycles. The molecule has 0 saturated carbocycles. The Kier molecular flexibility index (Phi) is 7.13. The fourth-order valence-corrected chi connectivity index (χ4v) is 3.77. The number of ketones is 1. The van der Waals surface area contributed by atoms with Crippen LogP contribution in [-0.2, 0) is 11.2 Å². The number of nitrogens with one attached hydrogen (secondary N) is 1. The Labute approximate surface area is 195 Å². The third kappa shape index (κ3) is 5.62. The molecule has 7 nitrogen and oxygen atoms in total. The molecule has 1 heterocycles. The highest BCUT2D eigenvalue weighted by atomic mass is 79.9. The van der Waals surface area contributed by atoms with Crippen LogP contribution in [0.15, 0.2) is 48.5 Å². The standard InChI is InChI=1S/C24H25BrN2O5/c1-24(2,3)32-23(31)26-17(12-15-8-10-16(11-9-15)20(28)13-25)14-27-21(29)18-6-4-5-7-19(18)22(27)30/h4-11,17H,12-14H2,1-3H3,(H,26,31). The van der Waals surface area contributed by atoms with Gasteiger partial charge in [0.25, 0.3) is 11.8 Å². The molecule has 8 heteroatoms. The maximum absolute atomic E-state index is 12.8. The fraction of sp³-hybridized carbons (Fsp3) is 0.333. The molecular formula is C24H25BrN2O5. The molecular weight excluding hydrogens is 476 g/mol. The second-order valence-electron chi connectivity index (χ2n) is 8.57. The highest BCUT2D eigenvalue weighted by molar-refractivity contribution is 9.09. The third-order valence-electron chi connectivity index (χ3n) is 4.88. The number of Topliss-reactive ketones (excluding diaryl/α,β-unsaturated/α-hetero) is 1. The lowest BCUT2D eigenvalue weighted by atomic mass is 10.0. The number of alkyl halides is 1. The van der Waals surface area contributed by atoms with Crippen LogP contribution in [0.2, 0.25) is 0 Å². The topological polar surface area (TPSA) is 92.8 Å². The van der Waals surface area contributed by atoms with Crippen LogP contribution in [0.3, 0.4) is 0 Å². The Morgan fingerprint density at radius 1 is 1.00 bits per heavy atom. The monoisotopic (exact) mass is 500 g/mol. The smallest absolute Gasteiger partial charge is 0.407 e. The van der Waals surface area contributed by atoms with E-state index in [0.29, 0.717) is 23.1 Å². The highest BCUT2D eigenvalue weighted by Gasteiger charge is 2.37. The molecule has 32 heavy (non-hydrogen) atoms. The Hall–Kier alpha value is -3.00.